The molecule has 4 aromatic carbocycles. The van der Waals surface area contributed by atoms with Crippen LogP contribution in [0.2, 0.25) is 0 Å². The third kappa shape index (κ3) is 5.03. The molecule has 34 heavy (non-hydrogen) atoms. The Balaban J connectivity index is 1.49. The van der Waals surface area contributed by atoms with Gasteiger partial charge in [-0.3, -0.25) is 0 Å². The molecule has 0 spiro atoms. The lowest BCUT2D eigenvalue weighted by molar-refractivity contribution is 0.414. The molecular weight excluding hydrogens is 436 g/mol. The number of para-hydroxylation sites is 1. The van der Waals surface area contributed by atoms with Crippen LogP contribution in [0.1, 0.15) is 5.56 Å². The topological polar surface area (TPSA) is 26.5 Å². The van der Waals surface area contributed by atoms with E-state index in [9.17, 15) is 0 Å². The van der Waals surface area contributed by atoms with E-state index in [1.165, 1.54) is 27.9 Å². The maximum atomic E-state index is 5.31. The minimum atomic E-state index is 0.845. The lowest BCUT2D eigenvalue weighted by Gasteiger charge is -2.11. The molecule has 0 unspecified atom stereocenters. The van der Waals surface area contributed by atoms with Gasteiger partial charge in [0.1, 0.15) is 5.75 Å². The van der Waals surface area contributed by atoms with Gasteiger partial charge in [-0.15, -0.1) is 11.3 Å². The maximum absolute atomic E-state index is 5.31. The van der Waals surface area contributed by atoms with E-state index in [1.807, 2.05) is 48.5 Å². The number of hydrogen-bond acceptors (Lipinski definition) is 3. The van der Waals surface area contributed by atoms with Crippen LogP contribution >= 0.6 is 11.3 Å². The molecule has 4 heteroatoms. The van der Waals surface area contributed by atoms with Gasteiger partial charge >= 0.3 is 0 Å². The lowest BCUT2D eigenvalue weighted by Crippen LogP contribution is -2.17. The van der Waals surface area contributed by atoms with Crippen molar-refractivity contribution in [3.63, 3.8) is 0 Å². The van der Waals surface area contributed by atoms with Crippen LogP contribution in [0, 0.1) is 0 Å². The van der Waals surface area contributed by atoms with Gasteiger partial charge < -0.3 is 9.30 Å². The summed E-state index contributed by atoms with van der Waals surface area (Å²) >= 11 is 1.68. The van der Waals surface area contributed by atoms with Crippen LogP contribution in [0.5, 0.6) is 5.75 Å². The molecule has 0 aliphatic carbocycles. The Morgan fingerprint density at radius 1 is 0.706 bits per heavy atom. The summed E-state index contributed by atoms with van der Waals surface area (Å²) in [5, 5.41) is 2.22. The molecule has 0 saturated heterocycles. The van der Waals surface area contributed by atoms with Crippen LogP contribution in [0.3, 0.4) is 0 Å². The highest BCUT2D eigenvalue weighted by molar-refractivity contribution is 7.07. The van der Waals surface area contributed by atoms with Crippen LogP contribution in [0.25, 0.3) is 22.4 Å². The van der Waals surface area contributed by atoms with E-state index in [0.717, 1.165) is 29.2 Å². The first kappa shape index (κ1) is 21.9. The second-order valence-electron chi connectivity index (χ2n) is 8.04. The fraction of sp³-hybridized carbons (Fsp3) is 0.100. The summed E-state index contributed by atoms with van der Waals surface area (Å²) in [6.45, 7) is 0.845. The number of hydrogen-bond donors (Lipinski definition) is 0. The predicted molar refractivity (Wildman–Crippen MR) is 142 cm³/mol. The summed E-state index contributed by atoms with van der Waals surface area (Å²) in [6, 6.07) is 37.8. The standard InChI is InChI=1S/C30H26N2OS/c1-33-28-18-12-23(13-19-28)20-21-32-29(22-34-30(32)31-27-10-6-3-7-11-27)26-16-14-25(15-17-26)24-8-4-2-5-9-24/h2-19,22H,20-21H2,1H3. The van der Waals surface area contributed by atoms with Crippen LogP contribution in [-0.4, -0.2) is 11.7 Å². The zero-order chi connectivity index (χ0) is 23.2. The molecule has 0 amide bonds. The molecular formula is C30H26N2OS. The monoisotopic (exact) mass is 462 g/mol. The summed E-state index contributed by atoms with van der Waals surface area (Å²) < 4.78 is 7.64. The Labute approximate surface area is 204 Å². The summed E-state index contributed by atoms with van der Waals surface area (Å²) in [5.41, 5.74) is 7.07. The van der Waals surface area contributed by atoms with Gasteiger partial charge in [-0.2, -0.15) is 0 Å². The highest BCUT2D eigenvalue weighted by Gasteiger charge is 2.10. The maximum Gasteiger partial charge on any atom is 0.190 e. The van der Waals surface area contributed by atoms with Gasteiger partial charge in [0, 0.05) is 11.9 Å². The van der Waals surface area contributed by atoms with E-state index < -0.39 is 0 Å². The van der Waals surface area contributed by atoms with Crippen molar-refractivity contribution in [3.8, 4) is 28.1 Å². The molecule has 5 aromatic rings. The van der Waals surface area contributed by atoms with Crippen molar-refractivity contribution in [3.05, 3.63) is 125 Å². The van der Waals surface area contributed by atoms with E-state index >= 15 is 0 Å². The first-order valence-corrected chi connectivity index (χ1v) is 12.2. The molecule has 5 rings (SSSR count). The van der Waals surface area contributed by atoms with Crippen LogP contribution < -0.4 is 9.54 Å². The number of ether oxygens (including phenoxy) is 1. The quantitative estimate of drug-likeness (QED) is 0.248. The minimum Gasteiger partial charge on any atom is -0.497 e. The average molecular weight is 463 g/mol. The molecule has 0 fully saturated rings. The van der Waals surface area contributed by atoms with Crippen molar-refractivity contribution in [2.24, 2.45) is 4.99 Å². The molecule has 0 aliphatic heterocycles. The average Bonchev–Trinajstić information content (AvgIpc) is 3.31. The van der Waals surface area contributed by atoms with Crippen molar-refractivity contribution in [2.75, 3.05) is 7.11 Å². The third-order valence-electron chi connectivity index (χ3n) is 5.85. The van der Waals surface area contributed by atoms with Crippen LogP contribution in [0.4, 0.5) is 5.69 Å². The minimum absolute atomic E-state index is 0.845. The fourth-order valence-electron chi connectivity index (χ4n) is 3.98. The second kappa shape index (κ2) is 10.4. The number of benzene rings is 4. The van der Waals surface area contributed by atoms with Crippen molar-refractivity contribution < 1.29 is 4.74 Å². The van der Waals surface area contributed by atoms with Gasteiger partial charge in [-0.25, -0.2) is 4.99 Å². The van der Waals surface area contributed by atoms with E-state index in [-0.39, 0.29) is 0 Å². The van der Waals surface area contributed by atoms with Crippen molar-refractivity contribution in [1.82, 2.24) is 4.57 Å². The first-order valence-electron chi connectivity index (χ1n) is 11.4. The Hall–Kier alpha value is -3.89. The fourth-order valence-corrected chi connectivity index (χ4v) is 4.93. The molecule has 1 heterocycles. The number of methoxy groups -OCH3 is 1. The molecule has 0 atom stereocenters. The normalized spacial score (nSPS) is 11.5. The van der Waals surface area contributed by atoms with Gasteiger partial charge in [-0.1, -0.05) is 84.9 Å². The van der Waals surface area contributed by atoms with E-state index in [0.29, 0.717) is 0 Å². The molecule has 0 saturated carbocycles. The molecule has 0 N–H and O–H groups in total. The van der Waals surface area contributed by atoms with Gasteiger partial charge in [0.05, 0.1) is 18.5 Å². The summed E-state index contributed by atoms with van der Waals surface area (Å²) in [6.07, 6.45) is 0.914. The largest absolute Gasteiger partial charge is 0.497 e. The lowest BCUT2D eigenvalue weighted by atomic mass is 10.0. The predicted octanol–water partition coefficient (Wildman–Crippen LogP) is 7.37. The van der Waals surface area contributed by atoms with Gasteiger partial charge in [0.15, 0.2) is 4.80 Å². The Morgan fingerprint density at radius 3 is 2.00 bits per heavy atom. The molecule has 168 valence electrons. The summed E-state index contributed by atoms with van der Waals surface area (Å²) in [5.74, 6) is 0.880. The third-order valence-corrected chi connectivity index (χ3v) is 6.71. The van der Waals surface area contributed by atoms with Gasteiger partial charge in [0.25, 0.3) is 0 Å². The number of nitrogens with zero attached hydrogens (tertiary/aromatic N) is 2. The Bertz CT molecular complexity index is 1400. The van der Waals surface area contributed by atoms with Crippen LogP contribution in [-0.2, 0) is 13.0 Å². The molecule has 0 aliphatic rings. The van der Waals surface area contributed by atoms with Crippen molar-refractivity contribution in [1.29, 1.82) is 0 Å². The zero-order valence-corrected chi connectivity index (χ0v) is 19.9. The smallest absolute Gasteiger partial charge is 0.190 e. The first-order chi connectivity index (χ1) is 16.8. The summed E-state index contributed by atoms with van der Waals surface area (Å²) in [4.78, 5) is 5.96. The zero-order valence-electron chi connectivity index (χ0n) is 19.1. The molecule has 3 nitrogen and oxygen atoms in total. The number of rotatable bonds is 7. The Morgan fingerprint density at radius 2 is 1.32 bits per heavy atom. The number of aryl methyl sites for hydroxylation is 1. The van der Waals surface area contributed by atoms with E-state index in [4.69, 9.17) is 9.73 Å². The molecule has 0 radical (unpaired) electrons. The van der Waals surface area contributed by atoms with Crippen LogP contribution in [0.15, 0.2) is 120 Å². The SMILES string of the molecule is COc1ccc(CCn2c(-c3ccc(-c4ccccc4)cc3)csc2=Nc2ccccc2)cc1. The van der Waals surface area contributed by atoms with E-state index in [1.54, 1.807) is 18.4 Å². The van der Waals surface area contributed by atoms with Gasteiger partial charge in [0.2, 0.25) is 0 Å². The second-order valence-corrected chi connectivity index (χ2v) is 8.88. The number of thiazole rings is 1. The Kier molecular flexibility index (Phi) is 6.68. The highest BCUT2D eigenvalue weighted by atomic mass is 32.1. The van der Waals surface area contributed by atoms with Crippen molar-refractivity contribution in [2.45, 2.75) is 13.0 Å². The molecule has 0 bridgehead atoms. The highest BCUT2D eigenvalue weighted by Crippen LogP contribution is 2.26. The molecule has 1 aromatic heterocycles. The van der Waals surface area contributed by atoms with E-state index in [2.05, 4.69) is 70.6 Å². The van der Waals surface area contributed by atoms with Gasteiger partial charge in [-0.05, 0) is 52.9 Å². The van der Waals surface area contributed by atoms with Crippen molar-refractivity contribution >= 4 is 17.0 Å². The summed E-state index contributed by atoms with van der Waals surface area (Å²) in [7, 11) is 1.70. The number of aromatic nitrogens is 1.